The Balaban J connectivity index is 2.08. The molecule has 1 amide bonds. The van der Waals surface area contributed by atoms with E-state index in [1.54, 1.807) is 16.4 Å². The van der Waals surface area contributed by atoms with E-state index in [-0.39, 0.29) is 10.8 Å². The number of nitrogens with zero attached hydrogens (tertiary/aromatic N) is 2. The van der Waals surface area contributed by atoms with E-state index in [0.29, 0.717) is 48.1 Å². The van der Waals surface area contributed by atoms with Crippen molar-refractivity contribution in [2.75, 3.05) is 17.8 Å². The zero-order valence-corrected chi connectivity index (χ0v) is 19.7. The van der Waals surface area contributed by atoms with Gasteiger partial charge in [-0.25, -0.2) is 8.42 Å². The summed E-state index contributed by atoms with van der Waals surface area (Å²) in [7, 11) is -2.13. The highest BCUT2D eigenvalue weighted by Gasteiger charge is 2.34. The quantitative estimate of drug-likeness (QED) is 0.772. The van der Waals surface area contributed by atoms with E-state index in [4.69, 9.17) is 0 Å². The minimum Gasteiger partial charge on any atom is -0.350 e. The van der Waals surface area contributed by atoms with Gasteiger partial charge in [0.15, 0.2) is 0 Å². The lowest BCUT2D eigenvalue weighted by Crippen LogP contribution is -2.38. The average molecular weight is 432 g/mol. The van der Waals surface area contributed by atoms with Crippen molar-refractivity contribution in [1.82, 2.24) is 9.47 Å². The zero-order chi connectivity index (χ0) is 22.2. The summed E-state index contributed by atoms with van der Waals surface area (Å²) in [5.74, 6) is 0.398. The molecule has 2 heterocycles. The molecule has 0 radical (unpaired) electrons. The molecule has 1 aliphatic heterocycles. The van der Waals surface area contributed by atoms with Crippen LogP contribution in [0, 0.1) is 26.7 Å². The van der Waals surface area contributed by atoms with Crippen LogP contribution in [-0.4, -0.2) is 36.9 Å². The molecule has 0 saturated carbocycles. The monoisotopic (exact) mass is 431 g/mol. The Morgan fingerprint density at radius 2 is 1.77 bits per heavy atom. The van der Waals surface area contributed by atoms with E-state index in [0.717, 1.165) is 24.0 Å². The van der Waals surface area contributed by atoms with Gasteiger partial charge in [-0.15, -0.1) is 0 Å². The third-order valence-electron chi connectivity index (χ3n) is 6.45. The Hall–Kier alpha value is -2.28. The fourth-order valence-corrected chi connectivity index (χ4v) is 5.91. The van der Waals surface area contributed by atoms with Crippen LogP contribution in [0.4, 0.5) is 5.69 Å². The molecule has 6 nitrogen and oxygen atoms in total. The van der Waals surface area contributed by atoms with Crippen molar-refractivity contribution in [1.29, 1.82) is 0 Å². The van der Waals surface area contributed by atoms with Gasteiger partial charge < -0.3 is 9.47 Å². The van der Waals surface area contributed by atoms with Crippen molar-refractivity contribution in [2.24, 2.45) is 13.0 Å². The summed E-state index contributed by atoms with van der Waals surface area (Å²) in [5.41, 5.74) is 3.94. The third-order valence-corrected chi connectivity index (χ3v) is 7.96. The van der Waals surface area contributed by atoms with Gasteiger partial charge in [-0.2, -0.15) is 0 Å². The lowest BCUT2D eigenvalue weighted by Gasteiger charge is -2.30. The molecule has 1 aromatic heterocycles. The second kappa shape index (κ2) is 8.46. The van der Waals surface area contributed by atoms with Crippen molar-refractivity contribution in [3.63, 3.8) is 0 Å². The Bertz CT molecular complexity index is 1060. The molecule has 0 unspecified atom stereocenters. The number of rotatable bonds is 5. The summed E-state index contributed by atoms with van der Waals surface area (Å²) in [6, 6.07) is 5.74. The SMILES string of the molecule is CCc1cccc(C)c1NS(=O)(=O)c1c(C(=O)N2CCC(C)CC2)c(C)n(C)c1C. The molecule has 1 fully saturated rings. The van der Waals surface area contributed by atoms with Gasteiger partial charge in [0.05, 0.1) is 11.3 Å². The molecule has 3 rings (SSSR count). The van der Waals surface area contributed by atoms with Gasteiger partial charge in [0.1, 0.15) is 4.90 Å². The summed E-state index contributed by atoms with van der Waals surface area (Å²) in [5, 5.41) is 0. The first kappa shape index (κ1) is 22.4. The number of amides is 1. The van der Waals surface area contributed by atoms with Gasteiger partial charge in [0, 0.05) is 31.5 Å². The van der Waals surface area contributed by atoms with Crippen LogP contribution in [0.2, 0.25) is 0 Å². The van der Waals surface area contributed by atoms with E-state index in [2.05, 4.69) is 11.6 Å². The maximum absolute atomic E-state index is 13.6. The largest absolute Gasteiger partial charge is 0.350 e. The smallest absolute Gasteiger partial charge is 0.264 e. The lowest BCUT2D eigenvalue weighted by atomic mass is 9.98. The average Bonchev–Trinajstić information content (AvgIpc) is 2.94. The zero-order valence-electron chi connectivity index (χ0n) is 18.9. The molecule has 0 spiro atoms. The molecule has 30 heavy (non-hydrogen) atoms. The predicted octanol–water partition coefficient (Wildman–Crippen LogP) is 4.19. The number of hydrogen-bond acceptors (Lipinski definition) is 3. The molecule has 0 aliphatic carbocycles. The molecule has 1 aliphatic rings. The second-order valence-corrected chi connectivity index (χ2v) is 10.1. The van der Waals surface area contributed by atoms with Crippen molar-refractivity contribution in [2.45, 2.75) is 58.8 Å². The van der Waals surface area contributed by atoms with Crippen molar-refractivity contribution in [3.8, 4) is 0 Å². The van der Waals surface area contributed by atoms with Crippen LogP contribution in [0.1, 0.15) is 59.6 Å². The number of aryl methyl sites for hydroxylation is 2. The van der Waals surface area contributed by atoms with Gasteiger partial charge >= 0.3 is 0 Å². The van der Waals surface area contributed by atoms with Crippen LogP contribution in [0.3, 0.4) is 0 Å². The van der Waals surface area contributed by atoms with Crippen LogP contribution in [0.25, 0.3) is 0 Å². The highest BCUT2D eigenvalue weighted by atomic mass is 32.2. The molecule has 1 N–H and O–H groups in total. The van der Waals surface area contributed by atoms with E-state index in [1.165, 1.54) is 0 Å². The number of nitrogens with one attached hydrogen (secondary N) is 1. The maximum Gasteiger partial charge on any atom is 0.264 e. The Labute approximate surface area is 180 Å². The van der Waals surface area contributed by atoms with Gasteiger partial charge in [-0.05, 0) is 57.1 Å². The van der Waals surface area contributed by atoms with Crippen molar-refractivity contribution >= 4 is 21.6 Å². The lowest BCUT2D eigenvalue weighted by molar-refractivity contribution is 0.0692. The Morgan fingerprint density at radius 3 is 2.37 bits per heavy atom. The van der Waals surface area contributed by atoms with Crippen LogP contribution in [0.5, 0.6) is 0 Å². The first-order chi connectivity index (χ1) is 14.1. The Kier molecular flexibility index (Phi) is 6.32. The first-order valence-electron chi connectivity index (χ1n) is 10.6. The number of carbonyl (C=O) groups is 1. The number of aromatic nitrogens is 1. The first-order valence-corrected chi connectivity index (χ1v) is 12.1. The van der Waals surface area contributed by atoms with Gasteiger partial charge in [0.25, 0.3) is 15.9 Å². The Morgan fingerprint density at radius 1 is 1.13 bits per heavy atom. The number of carbonyl (C=O) groups excluding carboxylic acids is 1. The fourth-order valence-electron chi connectivity index (χ4n) is 4.22. The van der Waals surface area contributed by atoms with Crippen molar-refractivity contribution in [3.05, 3.63) is 46.3 Å². The minimum atomic E-state index is -3.94. The van der Waals surface area contributed by atoms with Crippen LogP contribution in [-0.2, 0) is 23.5 Å². The maximum atomic E-state index is 13.6. The molecule has 7 heteroatoms. The number of likely N-dealkylation sites (tertiary alicyclic amines) is 1. The number of benzene rings is 1. The number of piperidine rings is 1. The van der Waals surface area contributed by atoms with Crippen molar-refractivity contribution < 1.29 is 13.2 Å². The summed E-state index contributed by atoms with van der Waals surface area (Å²) >= 11 is 0. The third kappa shape index (κ3) is 4.00. The normalized spacial score (nSPS) is 15.5. The number of sulfonamides is 1. The van der Waals surface area contributed by atoms with Crippen LogP contribution < -0.4 is 4.72 Å². The number of hydrogen-bond donors (Lipinski definition) is 1. The highest BCUT2D eigenvalue weighted by molar-refractivity contribution is 7.92. The molecular weight excluding hydrogens is 398 g/mol. The molecule has 0 atom stereocenters. The summed E-state index contributed by atoms with van der Waals surface area (Å²) in [4.78, 5) is 15.3. The number of para-hydroxylation sites is 1. The summed E-state index contributed by atoms with van der Waals surface area (Å²) < 4.78 is 31.7. The molecule has 164 valence electrons. The minimum absolute atomic E-state index is 0.0939. The molecule has 0 bridgehead atoms. The highest BCUT2D eigenvalue weighted by Crippen LogP contribution is 2.32. The molecular formula is C23H33N3O3S. The van der Waals surface area contributed by atoms with Gasteiger partial charge in [-0.1, -0.05) is 32.0 Å². The molecule has 2 aromatic rings. The van der Waals surface area contributed by atoms with E-state index in [1.807, 2.05) is 46.0 Å². The predicted molar refractivity (Wildman–Crippen MR) is 121 cm³/mol. The van der Waals surface area contributed by atoms with Crippen LogP contribution >= 0.6 is 0 Å². The molecule has 1 aromatic carbocycles. The number of anilines is 1. The fraction of sp³-hybridized carbons (Fsp3) is 0.522. The van der Waals surface area contributed by atoms with E-state index < -0.39 is 10.0 Å². The van der Waals surface area contributed by atoms with E-state index in [9.17, 15) is 13.2 Å². The van der Waals surface area contributed by atoms with Gasteiger partial charge in [0.2, 0.25) is 0 Å². The van der Waals surface area contributed by atoms with Crippen LogP contribution in [0.15, 0.2) is 23.1 Å². The summed E-state index contributed by atoms with van der Waals surface area (Å²) in [6.45, 7) is 11.0. The summed E-state index contributed by atoms with van der Waals surface area (Å²) in [6.07, 6.45) is 2.60. The second-order valence-electron chi connectivity index (χ2n) is 8.48. The van der Waals surface area contributed by atoms with E-state index >= 15 is 0 Å². The molecule has 1 saturated heterocycles. The standard InChI is InChI=1S/C23H33N3O3S/c1-7-19-10-8-9-16(3)21(19)24-30(28,29)22-18(5)25(6)17(4)20(22)23(27)26-13-11-15(2)12-14-26/h8-10,15,24H,7,11-14H2,1-6H3. The topological polar surface area (TPSA) is 71.4 Å². The van der Waals surface area contributed by atoms with Gasteiger partial charge in [-0.3, -0.25) is 9.52 Å².